The highest BCUT2D eigenvalue weighted by Gasteiger charge is 2.28. The standard InChI is InChI=1S/C6H11NO3/c1-10-5-6(2-7,3-8)4-9/h8-9H,3-5H2,1H3. The fourth-order valence-corrected chi connectivity index (χ4v) is 0.521. The summed E-state index contributed by atoms with van der Waals surface area (Å²) in [6, 6.07) is 1.79. The molecular weight excluding hydrogens is 134 g/mol. The number of aliphatic hydroxyl groups excluding tert-OH is 2. The molecule has 0 aromatic heterocycles. The van der Waals surface area contributed by atoms with Crippen molar-refractivity contribution in [3.8, 4) is 6.07 Å². The minimum absolute atomic E-state index is 0.0521. The number of nitriles is 1. The average Bonchev–Trinajstić information content (AvgIpc) is 2.01. The number of nitrogens with zero attached hydrogens (tertiary/aromatic N) is 1. The number of rotatable bonds is 4. The molecule has 0 aliphatic rings. The van der Waals surface area contributed by atoms with E-state index < -0.39 is 5.41 Å². The molecule has 4 nitrogen and oxygen atoms in total. The van der Waals surface area contributed by atoms with E-state index in [0.717, 1.165) is 0 Å². The van der Waals surface area contributed by atoms with Crippen LogP contribution in [0.2, 0.25) is 0 Å². The van der Waals surface area contributed by atoms with Crippen molar-refractivity contribution in [1.29, 1.82) is 5.26 Å². The van der Waals surface area contributed by atoms with Crippen molar-refractivity contribution in [3.63, 3.8) is 0 Å². The van der Waals surface area contributed by atoms with E-state index in [1.54, 1.807) is 6.07 Å². The van der Waals surface area contributed by atoms with Crippen LogP contribution < -0.4 is 0 Å². The Balaban J connectivity index is 4.05. The molecule has 0 aromatic rings. The maximum absolute atomic E-state index is 8.65. The smallest absolute Gasteiger partial charge is 0.126 e. The molecule has 0 saturated heterocycles. The van der Waals surface area contributed by atoms with Crippen LogP contribution in [0.3, 0.4) is 0 Å². The maximum atomic E-state index is 8.65. The second-order valence-electron chi connectivity index (χ2n) is 2.14. The third-order valence-electron chi connectivity index (χ3n) is 1.26. The Bertz CT molecular complexity index is 125. The van der Waals surface area contributed by atoms with Crippen LogP contribution in [-0.4, -0.2) is 37.1 Å². The van der Waals surface area contributed by atoms with Crippen LogP contribution in [0, 0.1) is 16.7 Å². The number of methoxy groups -OCH3 is 1. The molecule has 58 valence electrons. The molecular formula is C6H11NO3. The van der Waals surface area contributed by atoms with Crippen LogP contribution in [0.1, 0.15) is 0 Å². The van der Waals surface area contributed by atoms with Gasteiger partial charge in [-0.15, -0.1) is 0 Å². The quantitative estimate of drug-likeness (QED) is 0.539. The van der Waals surface area contributed by atoms with Crippen LogP contribution in [0.15, 0.2) is 0 Å². The maximum Gasteiger partial charge on any atom is 0.126 e. The summed E-state index contributed by atoms with van der Waals surface area (Å²) in [4.78, 5) is 0. The molecule has 0 aliphatic heterocycles. The third kappa shape index (κ3) is 1.95. The Morgan fingerprint density at radius 3 is 2.10 bits per heavy atom. The molecule has 0 heterocycles. The summed E-state index contributed by atoms with van der Waals surface area (Å²) >= 11 is 0. The van der Waals surface area contributed by atoms with Gasteiger partial charge in [0.15, 0.2) is 0 Å². The predicted molar refractivity (Wildman–Crippen MR) is 34.1 cm³/mol. The molecule has 0 aliphatic carbocycles. The van der Waals surface area contributed by atoms with E-state index in [0.29, 0.717) is 0 Å². The molecule has 0 saturated carbocycles. The van der Waals surface area contributed by atoms with Crippen molar-refractivity contribution in [2.75, 3.05) is 26.9 Å². The zero-order valence-electron chi connectivity index (χ0n) is 5.87. The van der Waals surface area contributed by atoms with Crippen LogP contribution in [-0.2, 0) is 4.74 Å². The molecule has 0 fully saturated rings. The summed E-state index contributed by atoms with van der Waals surface area (Å²) in [7, 11) is 1.41. The normalized spacial score (nSPS) is 11.0. The molecule has 2 N–H and O–H groups in total. The minimum atomic E-state index is -1.13. The lowest BCUT2D eigenvalue weighted by atomic mass is 9.94. The largest absolute Gasteiger partial charge is 0.395 e. The van der Waals surface area contributed by atoms with Crippen molar-refractivity contribution in [3.05, 3.63) is 0 Å². The lowest BCUT2D eigenvalue weighted by Gasteiger charge is -2.19. The topological polar surface area (TPSA) is 73.5 Å². The predicted octanol–water partition coefficient (Wildman–Crippen LogP) is -0.873. The summed E-state index contributed by atoms with van der Waals surface area (Å²) in [5.41, 5.74) is -1.13. The molecule has 4 heteroatoms. The molecule has 0 radical (unpaired) electrons. The molecule has 0 bridgehead atoms. The van der Waals surface area contributed by atoms with E-state index in [9.17, 15) is 0 Å². The molecule has 0 spiro atoms. The highest BCUT2D eigenvalue weighted by atomic mass is 16.5. The van der Waals surface area contributed by atoms with Crippen LogP contribution >= 0.6 is 0 Å². The summed E-state index contributed by atoms with van der Waals surface area (Å²) in [5, 5.41) is 25.7. The van der Waals surface area contributed by atoms with Gasteiger partial charge in [-0.2, -0.15) is 5.26 Å². The van der Waals surface area contributed by atoms with Gasteiger partial charge in [-0.3, -0.25) is 0 Å². The highest BCUT2D eigenvalue weighted by molar-refractivity contribution is 4.98. The summed E-state index contributed by atoms with van der Waals surface area (Å²) in [6.45, 7) is -0.710. The van der Waals surface area contributed by atoms with Crippen molar-refractivity contribution in [1.82, 2.24) is 0 Å². The number of hydrogen-bond acceptors (Lipinski definition) is 4. The molecule has 0 amide bonds. The van der Waals surface area contributed by atoms with Crippen molar-refractivity contribution in [2.24, 2.45) is 5.41 Å². The Hall–Kier alpha value is -0.630. The van der Waals surface area contributed by atoms with Gasteiger partial charge in [-0.1, -0.05) is 0 Å². The van der Waals surface area contributed by atoms with E-state index >= 15 is 0 Å². The Labute approximate surface area is 59.7 Å². The Kier molecular flexibility index (Phi) is 3.96. The Morgan fingerprint density at radius 2 is 2.00 bits per heavy atom. The first-order valence-corrected chi connectivity index (χ1v) is 2.86. The SMILES string of the molecule is COCC(C#N)(CO)CO. The number of ether oxygens (including phenoxy) is 1. The number of aliphatic hydroxyl groups is 2. The fourth-order valence-electron chi connectivity index (χ4n) is 0.521. The van der Waals surface area contributed by atoms with Crippen molar-refractivity contribution in [2.45, 2.75) is 0 Å². The second kappa shape index (κ2) is 4.23. The molecule has 10 heavy (non-hydrogen) atoms. The van der Waals surface area contributed by atoms with E-state index in [4.69, 9.17) is 15.5 Å². The third-order valence-corrected chi connectivity index (χ3v) is 1.26. The summed E-state index contributed by atoms with van der Waals surface area (Å²) < 4.78 is 4.64. The first kappa shape index (κ1) is 9.37. The van der Waals surface area contributed by atoms with Gasteiger partial charge in [0, 0.05) is 7.11 Å². The highest BCUT2D eigenvalue weighted by Crippen LogP contribution is 2.13. The van der Waals surface area contributed by atoms with Gasteiger partial charge in [0.1, 0.15) is 5.41 Å². The van der Waals surface area contributed by atoms with Gasteiger partial charge in [-0.25, -0.2) is 0 Å². The fraction of sp³-hybridized carbons (Fsp3) is 0.833. The molecule has 0 unspecified atom stereocenters. The van der Waals surface area contributed by atoms with Gasteiger partial charge < -0.3 is 14.9 Å². The van der Waals surface area contributed by atoms with Crippen LogP contribution in [0.5, 0.6) is 0 Å². The van der Waals surface area contributed by atoms with E-state index in [1.165, 1.54) is 7.11 Å². The van der Waals surface area contributed by atoms with Gasteiger partial charge in [-0.05, 0) is 0 Å². The lowest BCUT2D eigenvalue weighted by Crippen LogP contribution is -2.32. The zero-order chi connectivity index (χ0) is 8.04. The second-order valence-corrected chi connectivity index (χ2v) is 2.14. The monoisotopic (exact) mass is 145 g/mol. The van der Waals surface area contributed by atoms with Crippen LogP contribution in [0.4, 0.5) is 0 Å². The Morgan fingerprint density at radius 1 is 1.50 bits per heavy atom. The average molecular weight is 145 g/mol. The van der Waals surface area contributed by atoms with Gasteiger partial charge in [0.2, 0.25) is 0 Å². The van der Waals surface area contributed by atoms with Crippen molar-refractivity contribution < 1.29 is 14.9 Å². The zero-order valence-corrected chi connectivity index (χ0v) is 5.87. The summed E-state index contributed by atoms with van der Waals surface area (Å²) in [5.74, 6) is 0. The van der Waals surface area contributed by atoms with Gasteiger partial charge >= 0.3 is 0 Å². The first-order chi connectivity index (χ1) is 4.74. The molecule has 0 aromatic carbocycles. The van der Waals surface area contributed by atoms with Gasteiger partial charge in [0.05, 0.1) is 25.9 Å². The number of hydrogen-bond donors (Lipinski definition) is 2. The van der Waals surface area contributed by atoms with Gasteiger partial charge in [0.25, 0.3) is 0 Å². The van der Waals surface area contributed by atoms with Crippen molar-refractivity contribution >= 4 is 0 Å². The molecule has 0 rings (SSSR count). The van der Waals surface area contributed by atoms with E-state index in [1.807, 2.05) is 0 Å². The first-order valence-electron chi connectivity index (χ1n) is 2.86. The summed E-state index contributed by atoms with van der Waals surface area (Å²) in [6.07, 6.45) is 0. The minimum Gasteiger partial charge on any atom is -0.395 e. The van der Waals surface area contributed by atoms with Crippen LogP contribution in [0.25, 0.3) is 0 Å². The van der Waals surface area contributed by atoms with E-state index in [-0.39, 0.29) is 19.8 Å². The van der Waals surface area contributed by atoms with E-state index in [2.05, 4.69) is 4.74 Å². The molecule has 0 atom stereocenters. The lowest BCUT2D eigenvalue weighted by molar-refractivity contribution is 0.0265.